The van der Waals surface area contributed by atoms with Crippen LogP contribution >= 0.6 is 12.2 Å². The number of ether oxygens (including phenoxy) is 2. The predicted octanol–water partition coefficient (Wildman–Crippen LogP) is 2.98. The smallest absolute Gasteiger partial charge is 0.257 e. The maximum atomic E-state index is 12.5. The molecule has 0 saturated carbocycles. The van der Waals surface area contributed by atoms with Crippen molar-refractivity contribution in [2.45, 2.75) is 20.0 Å². The molecule has 0 heterocycles. The third-order valence-electron chi connectivity index (χ3n) is 3.71. The van der Waals surface area contributed by atoms with E-state index in [4.69, 9.17) is 21.7 Å². The lowest BCUT2D eigenvalue weighted by atomic mass is 10.1. The van der Waals surface area contributed by atoms with Crippen LogP contribution in [0.5, 0.6) is 5.75 Å². The highest BCUT2D eigenvalue weighted by Gasteiger charge is 2.14. The van der Waals surface area contributed by atoms with E-state index in [1.54, 1.807) is 55.6 Å². The molecule has 0 atom stereocenters. The van der Waals surface area contributed by atoms with Gasteiger partial charge in [-0.05, 0) is 56.4 Å². The van der Waals surface area contributed by atoms with E-state index in [1.807, 2.05) is 13.8 Å². The Labute approximate surface area is 175 Å². The summed E-state index contributed by atoms with van der Waals surface area (Å²) in [6.45, 7) is 4.62. The normalized spacial score (nSPS) is 10.3. The van der Waals surface area contributed by atoms with Gasteiger partial charge in [-0.3, -0.25) is 14.9 Å². The lowest BCUT2D eigenvalue weighted by Gasteiger charge is -2.14. The van der Waals surface area contributed by atoms with Crippen LogP contribution in [0.25, 0.3) is 0 Å². The number of carbonyl (C=O) groups is 2. The fraction of sp³-hybridized carbons (Fsp3) is 0.286. The maximum Gasteiger partial charge on any atom is 0.257 e. The molecule has 0 bridgehead atoms. The van der Waals surface area contributed by atoms with E-state index in [0.717, 1.165) is 0 Å². The van der Waals surface area contributed by atoms with E-state index in [-0.39, 0.29) is 23.0 Å². The Bertz CT molecular complexity index is 871. The van der Waals surface area contributed by atoms with Gasteiger partial charge < -0.3 is 20.1 Å². The molecule has 0 spiro atoms. The van der Waals surface area contributed by atoms with Gasteiger partial charge in [-0.2, -0.15) is 0 Å². The largest absolute Gasteiger partial charge is 0.491 e. The average Bonchev–Trinajstić information content (AvgIpc) is 2.68. The molecule has 0 aliphatic carbocycles. The maximum absolute atomic E-state index is 12.5. The molecule has 2 aromatic rings. The molecule has 2 rings (SSSR count). The minimum Gasteiger partial charge on any atom is -0.491 e. The first-order valence-electron chi connectivity index (χ1n) is 9.16. The fourth-order valence-electron chi connectivity index (χ4n) is 2.46. The van der Waals surface area contributed by atoms with Crippen LogP contribution in [0.1, 0.15) is 34.6 Å². The minimum absolute atomic E-state index is 0.00240. The highest BCUT2D eigenvalue weighted by Crippen LogP contribution is 2.16. The third kappa shape index (κ3) is 7.17. The molecule has 0 unspecified atom stereocenters. The van der Waals surface area contributed by atoms with Gasteiger partial charge in [0.2, 0.25) is 0 Å². The molecular formula is C21H25N3O4S. The van der Waals surface area contributed by atoms with Gasteiger partial charge in [0.15, 0.2) is 5.11 Å². The number of para-hydroxylation sites is 1. The van der Waals surface area contributed by atoms with Crippen molar-refractivity contribution in [1.82, 2.24) is 10.6 Å². The minimum atomic E-state index is -0.376. The molecule has 0 aliphatic heterocycles. The molecule has 0 radical (unpaired) electrons. The van der Waals surface area contributed by atoms with Gasteiger partial charge >= 0.3 is 0 Å². The second-order valence-corrected chi connectivity index (χ2v) is 6.81. The second-order valence-electron chi connectivity index (χ2n) is 6.40. The van der Waals surface area contributed by atoms with Crippen molar-refractivity contribution in [3.05, 3.63) is 59.7 Å². The van der Waals surface area contributed by atoms with Crippen LogP contribution in [0.4, 0.5) is 5.69 Å². The highest BCUT2D eigenvalue weighted by molar-refractivity contribution is 7.80. The van der Waals surface area contributed by atoms with Crippen molar-refractivity contribution in [3.63, 3.8) is 0 Å². The summed E-state index contributed by atoms with van der Waals surface area (Å²) < 4.78 is 10.5. The molecule has 0 saturated heterocycles. The van der Waals surface area contributed by atoms with Crippen molar-refractivity contribution in [1.29, 1.82) is 0 Å². The Morgan fingerprint density at radius 2 is 1.83 bits per heavy atom. The summed E-state index contributed by atoms with van der Waals surface area (Å²) in [5.41, 5.74) is 1.31. The first-order chi connectivity index (χ1) is 13.9. The predicted molar refractivity (Wildman–Crippen MR) is 117 cm³/mol. The van der Waals surface area contributed by atoms with Crippen LogP contribution in [0.3, 0.4) is 0 Å². The Morgan fingerprint density at radius 1 is 1.07 bits per heavy atom. The van der Waals surface area contributed by atoms with Crippen molar-refractivity contribution >= 4 is 34.8 Å². The molecule has 7 nitrogen and oxygen atoms in total. The number of rotatable bonds is 8. The number of hydrogen-bond donors (Lipinski definition) is 3. The fourth-order valence-corrected chi connectivity index (χ4v) is 2.67. The van der Waals surface area contributed by atoms with Gasteiger partial charge in [-0.1, -0.05) is 18.2 Å². The molecule has 2 amide bonds. The lowest BCUT2D eigenvalue weighted by molar-refractivity contribution is 0.0937. The zero-order valence-electron chi connectivity index (χ0n) is 16.7. The monoisotopic (exact) mass is 415 g/mol. The molecule has 0 aromatic heterocycles. The standard InChI is InChI=1S/C21H25N3O4S/c1-14(2)28-16-8-6-7-15(13-16)19(25)24-21(29)23-18-10-5-4-9-17(18)20(26)22-11-12-27-3/h4-10,13-14H,11-12H2,1-3H3,(H,22,26)(H2,23,24,25,29). The molecular weight excluding hydrogens is 390 g/mol. The molecule has 3 N–H and O–H groups in total. The van der Waals surface area contributed by atoms with E-state index in [1.165, 1.54) is 0 Å². The molecule has 0 fully saturated rings. The Hall–Kier alpha value is -2.97. The quantitative estimate of drug-likeness (QED) is 0.454. The number of hydrogen-bond acceptors (Lipinski definition) is 5. The van der Waals surface area contributed by atoms with Crippen molar-refractivity contribution < 1.29 is 19.1 Å². The number of nitrogens with one attached hydrogen (secondary N) is 3. The first-order valence-corrected chi connectivity index (χ1v) is 9.56. The summed E-state index contributed by atoms with van der Waals surface area (Å²) in [6.07, 6.45) is 0.00240. The van der Waals surface area contributed by atoms with E-state index in [9.17, 15) is 9.59 Å². The van der Waals surface area contributed by atoms with Gasteiger partial charge in [0.05, 0.1) is 24.0 Å². The van der Waals surface area contributed by atoms with E-state index in [2.05, 4.69) is 16.0 Å². The third-order valence-corrected chi connectivity index (χ3v) is 3.91. The summed E-state index contributed by atoms with van der Waals surface area (Å²) in [5.74, 6) is -0.0406. The number of anilines is 1. The van der Waals surface area contributed by atoms with Gasteiger partial charge in [0, 0.05) is 19.2 Å². The van der Waals surface area contributed by atoms with Crippen LogP contribution < -0.4 is 20.7 Å². The van der Waals surface area contributed by atoms with E-state index < -0.39 is 0 Å². The van der Waals surface area contributed by atoms with Crippen LogP contribution in [0.2, 0.25) is 0 Å². The average molecular weight is 416 g/mol. The number of benzene rings is 2. The highest BCUT2D eigenvalue weighted by atomic mass is 32.1. The molecule has 29 heavy (non-hydrogen) atoms. The summed E-state index contributed by atoms with van der Waals surface area (Å²) in [5, 5.41) is 8.36. The Balaban J connectivity index is 2.02. The molecule has 8 heteroatoms. The van der Waals surface area contributed by atoms with E-state index >= 15 is 0 Å². The molecule has 0 aliphatic rings. The van der Waals surface area contributed by atoms with Gasteiger partial charge in [0.1, 0.15) is 5.75 Å². The number of methoxy groups -OCH3 is 1. The zero-order chi connectivity index (χ0) is 21.2. The van der Waals surface area contributed by atoms with Crippen LogP contribution in [0, 0.1) is 0 Å². The summed E-state index contributed by atoms with van der Waals surface area (Å²) in [6, 6.07) is 13.7. The lowest BCUT2D eigenvalue weighted by Crippen LogP contribution is -2.35. The van der Waals surface area contributed by atoms with Gasteiger partial charge in [-0.25, -0.2) is 0 Å². The second kappa shape index (κ2) is 11.1. The summed E-state index contributed by atoms with van der Waals surface area (Å²) >= 11 is 5.24. The number of amides is 2. The molecule has 2 aromatic carbocycles. The van der Waals surface area contributed by atoms with Crippen molar-refractivity contribution in [2.24, 2.45) is 0 Å². The van der Waals surface area contributed by atoms with Crippen LogP contribution in [-0.4, -0.2) is 43.3 Å². The van der Waals surface area contributed by atoms with Crippen LogP contribution in [-0.2, 0) is 4.74 Å². The van der Waals surface area contributed by atoms with Crippen LogP contribution in [0.15, 0.2) is 48.5 Å². The Morgan fingerprint density at radius 3 is 2.55 bits per heavy atom. The number of carbonyl (C=O) groups excluding carboxylic acids is 2. The van der Waals surface area contributed by atoms with Gasteiger partial charge in [-0.15, -0.1) is 0 Å². The van der Waals surface area contributed by atoms with E-state index in [0.29, 0.717) is 35.7 Å². The first kappa shape index (κ1) is 22.3. The topological polar surface area (TPSA) is 88.7 Å². The summed E-state index contributed by atoms with van der Waals surface area (Å²) in [4.78, 5) is 24.8. The summed E-state index contributed by atoms with van der Waals surface area (Å²) in [7, 11) is 1.56. The van der Waals surface area contributed by atoms with Crippen molar-refractivity contribution in [3.8, 4) is 5.75 Å². The van der Waals surface area contributed by atoms with Crippen molar-refractivity contribution in [2.75, 3.05) is 25.6 Å². The Kier molecular flexibility index (Phi) is 8.57. The molecule has 154 valence electrons. The SMILES string of the molecule is COCCNC(=O)c1ccccc1NC(=S)NC(=O)c1cccc(OC(C)C)c1. The van der Waals surface area contributed by atoms with Gasteiger partial charge in [0.25, 0.3) is 11.8 Å². The zero-order valence-corrected chi connectivity index (χ0v) is 17.5. The number of thiocarbonyl (C=S) groups is 1.